The molecule has 1 saturated heterocycles. The van der Waals surface area contributed by atoms with Gasteiger partial charge in [0.25, 0.3) is 0 Å². The fraction of sp³-hybridized carbons (Fsp3) is 0.409. The van der Waals surface area contributed by atoms with Crippen molar-refractivity contribution in [3.05, 3.63) is 70.3 Å². The number of carbonyl (C=O) groups excluding carboxylic acids is 1. The quantitative estimate of drug-likeness (QED) is 0.913. The second-order valence-electron chi connectivity index (χ2n) is 7.74. The molecule has 25 heavy (non-hydrogen) atoms. The molecule has 1 atom stereocenters. The molecular weight excluding hydrogens is 308 g/mol. The zero-order valence-corrected chi connectivity index (χ0v) is 15.1. The van der Waals surface area contributed by atoms with Crippen molar-refractivity contribution >= 4 is 5.91 Å². The maximum absolute atomic E-state index is 12.9. The molecule has 2 aromatic carbocycles. The predicted molar refractivity (Wildman–Crippen MR) is 100 cm³/mol. The first-order valence-electron chi connectivity index (χ1n) is 9.20. The van der Waals surface area contributed by atoms with E-state index in [1.807, 2.05) is 0 Å². The van der Waals surface area contributed by atoms with Crippen LogP contribution in [-0.2, 0) is 24.3 Å². The molecule has 4 rings (SSSR count). The Morgan fingerprint density at radius 3 is 2.52 bits per heavy atom. The predicted octanol–water partition coefficient (Wildman–Crippen LogP) is 3.37. The maximum atomic E-state index is 12.9. The third-order valence-electron chi connectivity index (χ3n) is 6.03. The molecular formula is C22H26N2O. The van der Waals surface area contributed by atoms with Crippen LogP contribution in [0.25, 0.3) is 0 Å². The summed E-state index contributed by atoms with van der Waals surface area (Å²) in [6.45, 7) is 7.80. The highest BCUT2D eigenvalue weighted by molar-refractivity contribution is 5.84. The Morgan fingerprint density at radius 2 is 1.76 bits per heavy atom. The van der Waals surface area contributed by atoms with Gasteiger partial charge in [0.1, 0.15) is 0 Å². The molecule has 2 aliphatic rings. The van der Waals surface area contributed by atoms with E-state index < -0.39 is 0 Å². The van der Waals surface area contributed by atoms with E-state index >= 15 is 0 Å². The van der Waals surface area contributed by atoms with Crippen LogP contribution in [0.4, 0.5) is 0 Å². The van der Waals surface area contributed by atoms with Gasteiger partial charge in [-0.25, -0.2) is 0 Å². The number of benzene rings is 2. The molecule has 1 N–H and O–H groups in total. The van der Waals surface area contributed by atoms with Crippen molar-refractivity contribution in [3.8, 4) is 0 Å². The van der Waals surface area contributed by atoms with Crippen LogP contribution in [0.15, 0.2) is 42.5 Å². The number of aryl methyl sites for hydroxylation is 2. The van der Waals surface area contributed by atoms with E-state index in [1.165, 1.54) is 27.8 Å². The lowest BCUT2D eigenvalue weighted by Crippen LogP contribution is -2.42. The molecule has 2 aromatic rings. The number of amides is 1. The van der Waals surface area contributed by atoms with Crippen LogP contribution in [0.3, 0.4) is 0 Å². The summed E-state index contributed by atoms with van der Waals surface area (Å²) in [7, 11) is 0. The van der Waals surface area contributed by atoms with E-state index in [0.717, 1.165) is 32.5 Å². The Hall–Kier alpha value is -2.13. The lowest BCUT2D eigenvalue weighted by atomic mass is 9.80. The van der Waals surface area contributed by atoms with Gasteiger partial charge in [-0.3, -0.25) is 9.69 Å². The van der Waals surface area contributed by atoms with Gasteiger partial charge >= 0.3 is 0 Å². The van der Waals surface area contributed by atoms with Gasteiger partial charge in [0.15, 0.2) is 0 Å². The largest absolute Gasteiger partial charge is 0.351 e. The summed E-state index contributed by atoms with van der Waals surface area (Å²) < 4.78 is 0. The third kappa shape index (κ3) is 2.98. The average Bonchev–Trinajstić information content (AvgIpc) is 2.95. The van der Waals surface area contributed by atoms with Crippen LogP contribution in [0.1, 0.15) is 34.2 Å². The van der Waals surface area contributed by atoms with E-state index in [1.54, 1.807) is 0 Å². The molecule has 0 bridgehead atoms. The molecule has 130 valence electrons. The van der Waals surface area contributed by atoms with E-state index in [-0.39, 0.29) is 11.3 Å². The summed E-state index contributed by atoms with van der Waals surface area (Å²) >= 11 is 0. The lowest BCUT2D eigenvalue weighted by molar-refractivity contribution is -0.130. The zero-order chi connectivity index (χ0) is 17.4. The zero-order valence-electron chi connectivity index (χ0n) is 15.1. The van der Waals surface area contributed by atoms with E-state index in [0.29, 0.717) is 6.54 Å². The van der Waals surface area contributed by atoms with Crippen molar-refractivity contribution in [3.63, 3.8) is 0 Å². The molecule has 0 aromatic heterocycles. The fourth-order valence-corrected chi connectivity index (χ4v) is 4.46. The van der Waals surface area contributed by atoms with E-state index in [2.05, 4.69) is 66.5 Å². The molecule has 1 fully saturated rings. The SMILES string of the molecule is Cc1cccc(C)c1CN1CCC2(Cc3ccccc3CNC2=O)C1. The lowest BCUT2D eigenvalue weighted by Gasteiger charge is -2.27. The van der Waals surface area contributed by atoms with E-state index in [9.17, 15) is 4.79 Å². The number of likely N-dealkylation sites (tertiary alicyclic amines) is 1. The minimum atomic E-state index is -0.275. The summed E-state index contributed by atoms with van der Waals surface area (Å²) in [6.07, 6.45) is 1.80. The van der Waals surface area contributed by atoms with Crippen molar-refractivity contribution in [1.29, 1.82) is 0 Å². The summed E-state index contributed by atoms with van der Waals surface area (Å²) in [5, 5.41) is 3.18. The summed E-state index contributed by atoms with van der Waals surface area (Å²) in [6, 6.07) is 15.0. The monoisotopic (exact) mass is 334 g/mol. The highest BCUT2D eigenvalue weighted by atomic mass is 16.2. The van der Waals surface area contributed by atoms with Gasteiger partial charge in [-0.2, -0.15) is 0 Å². The highest BCUT2D eigenvalue weighted by Gasteiger charge is 2.45. The first-order chi connectivity index (χ1) is 12.1. The normalized spacial score (nSPS) is 23.4. The fourth-order valence-electron chi connectivity index (χ4n) is 4.46. The summed E-state index contributed by atoms with van der Waals surface area (Å²) in [5.41, 5.74) is 6.42. The molecule has 0 saturated carbocycles. The van der Waals surface area contributed by atoms with E-state index in [4.69, 9.17) is 0 Å². The summed E-state index contributed by atoms with van der Waals surface area (Å²) in [4.78, 5) is 15.4. The first kappa shape index (κ1) is 16.3. The smallest absolute Gasteiger partial charge is 0.228 e. The first-order valence-corrected chi connectivity index (χ1v) is 9.20. The standard InChI is InChI=1S/C22H26N2O/c1-16-6-5-7-17(2)20(16)14-24-11-10-22(15-24)12-18-8-3-4-9-19(18)13-23-21(22)25/h3-9H,10-15H2,1-2H3,(H,23,25). The Bertz CT molecular complexity index is 793. The Labute approximate surface area is 150 Å². The van der Waals surface area contributed by atoms with Gasteiger partial charge in [-0.05, 0) is 61.1 Å². The van der Waals surface area contributed by atoms with Crippen molar-refractivity contribution in [2.45, 2.75) is 39.8 Å². The van der Waals surface area contributed by atoms with Crippen molar-refractivity contribution in [2.24, 2.45) is 5.41 Å². The molecule has 1 spiro atoms. The maximum Gasteiger partial charge on any atom is 0.228 e. The minimum absolute atomic E-state index is 0.229. The number of hydrogen-bond acceptors (Lipinski definition) is 2. The van der Waals surface area contributed by atoms with Crippen molar-refractivity contribution in [1.82, 2.24) is 10.2 Å². The molecule has 3 nitrogen and oxygen atoms in total. The van der Waals surface area contributed by atoms with Crippen LogP contribution in [-0.4, -0.2) is 23.9 Å². The van der Waals surface area contributed by atoms with Crippen LogP contribution in [0.2, 0.25) is 0 Å². The van der Waals surface area contributed by atoms with Crippen LogP contribution in [0.5, 0.6) is 0 Å². The van der Waals surface area contributed by atoms with Crippen LogP contribution >= 0.6 is 0 Å². The Morgan fingerprint density at radius 1 is 1.04 bits per heavy atom. The molecule has 0 aliphatic carbocycles. The Balaban J connectivity index is 1.57. The van der Waals surface area contributed by atoms with Crippen LogP contribution in [0, 0.1) is 19.3 Å². The minimum Gasteiger partial charge on any atom is -0.351 e. The number of hydrogen-bond donors (Lipinski definition) is 1. The number of fused-ring (bicyclic) bond motifs is 1. The van der Waals surface area contributed by atoms with Crippen molar-refractivity contribution in [2.75, 3.05) is 13.1 Å². The number of nitrogens with zero attached hydrogens (tertiary/aromatic N) is 1. The number of carbonyl (C=O) groups is 1. The molecule has 3 heteroatoms. The van der Waals surface area contributed by atoms with Gasteiger partial charge in [0, 0.05) is 19.6 Å². The molecule has 0 radical (unpaired) electrons. The second kappa shape index (κ2) is 6.30. The molecule has 1 amide bonds. The van der Waals surface area contributed by atoms with Gasteiger partial charge in [-0.1, -0.05) is 42.5 Å². The molecule has 2 heterocycles. The van der Waals surface area contributed by atoms with Gasteiger partial charge in [-0.15, -0.1) is 0 Å². The second-order valence-corrected chi connectivity index (χ2v) is 7.74. The highest BCUT2D eigenvalue weighted by Crippen LogP contribution is 2.38. The average molecular weight is 334 g/mol. The van der Waals surface area contributed by atoms with Gasteiger partial charge in [0.05, 0.1) is 5.41 Å². The topological polar surface area (TPSA) is 32.3 Å². The Kier molecular flexibility index (Phi) is 4.12. The van der Waals surface area contributed by atoms with Crippen LogP contribution < -0.4 is 5.32 Å². The van der Waals surface area contributed by atoms with Gasteiger partial charge < -0.3 is 5.32 Å². The van der Waals surface area contributed by atoms with Crippen molar-refractivity contribution < 1.29 is 4.79 Å². The number of nitrogens with one attached hydrogen (secondary N) is 1. The molecule has 1 unspecified atom stereocenters. The molecule has 2 aliphatic heterocycles. The third-order valence-corrected chi connectivity index (χ3v) is 6.03. The number of rotatable bonds is 2. The summed E-state index contributed by atoms with van der Waals surface area (Å²) in [5.74, 6) is 0.229. The van der Waals surface area contributed by atoms with Gasteiger partial charge in [0.2, 0.25) is 5.91 Å².